The van der Waals surface area contributed by atoms with Crippen LogP contribution in [0.25, 0.3) is 0 Å². The minimum Gasteiger partial charge on any atom is -0.380 e. The lowest BCUT2D eigenvalue weighted by Gasteiger charge is -2.26. The number of ether oxygens (including phenoxy) is 1. The summed E-state index contributed by atoms with van der Waals surface area (Å²) in [6, 6.07) is 0.221. The second-order valence-electron chi connectivity index (χ2n) is 5.59. The van der Waals surface area contributed by atoms with Gasteiger partial charge in [-0.1, -0.05) is 0 Å². The highest BCUT2D eigenvalue weighted by atomic mass is 16.5. The van der Waals surface area contributed by atoms with Gasteiger partial charge in [-0.15, -0.1) is 0 Å². The summed E-state index contributed by atoms with van der Waals surface area (Å²) in [5, 5.41) is 4.39. The summed E-state index contributed by atoms with van der Waals surface area (Å²) in [6.07, 6.45) is 4.75. The van der Waals surface area contributed by atoms with E-state index in [1.807, 2.05) is 18.7 Å². The van der Waals surface area contributed by atoms with E-state index in [1.165, 1.54) is 18.4 Å². The Hall–Kier alpha value is -0.910. The molecule has 1 saturated carbocycles. The van der Waals surface area contributed by atoms with Crippen LogP contribution < -0.4 is 5.73 Å². The van der Waals surface area contributed by atoms with Crippen LogP contribution in [0.3, 0.4) is 0 Å². The molecule has 0 radical (unpaired) electrons. The van der Waals surface area contributed by atoms with Crippen LogP contribution in [0.1, 0.15) is 30.1 Å². The summed E-state index contributed by atoms with van der Waals surface area (Å²) in [4.78, 5) is 2.26. The van der Waals surface area contributed by atoms with Gasteiger partial charge in [0.05, 0.1) is 18.3 Å². The third-order valence-electron chi connectivity index (χ3n) is 3.80. The van der Waals surface area contributed by atoms with Crippen LogP contribution in [-0.4, -0.2) is 48.0 Å². The van der Waals surface area contributed by atoms with Crippen LogP contribution in [0.2, 0.25) is 0 Å². The Morgan fingerprint density at radius 3 is 2.84 bits per heavy atom. The van der Waals surface area contributed by atoms with Crippen LogP contribution in [0.15, 0.2) is 6.20 Å². The van der Waals surface area contributed by atoms with Gasteiger partial charge in [-0.05, 0) is 32.7 Å². The predicted octanol–water partition coefficient (Wildman–Crippen LogP) is 1.09. The first-order valence-electron chi connectivity index (χ1n) is 7.10. The highest BCUT2D eigenvalue weighted by Crippen LogP contribution is 2.28. The van der Waals surface area contributed by atoms with E-state index in [0.717, 1.165) is 31.4 Å². The van der Waals surface area contributed by atoms with Gasteiger partial charge in [0, 0.05) is 38.5 Å². The molecule has 1 aliphatic rings. The van der Waals surface area contributed by atoms with E-state index in [4.69, 9.17) is 10.5 Å². The van der Waals surface area contributed by atoms with Crippen LogP contribution in [0, 0.1) is 12.8 Å². The lowest BCUT2D eigenvalue weighted by Crippen LogP contribution is -2.33. The molecule has 0 aliphatic heterocycles. The molecule has 0 bridgehead atoms. The summed E-state index contributed by atoms with van der Waals surface area (Å²) < 4.78 is 7.54. The second-order valence-corrected chi connectivity index (χ2v) is 5.59. The number of likely N-dealkylation sites (N-methyl/N-ethyl adjacent to an activating group) is 1. The minimum absolute atomic E-state index is 0.221. The van der Waals surface area contributed by atoms with Crippen LogP contribution >= 0.6 is 0 Å². The van der Waals surface area contributed by atoms with Crippen molar-refractivity contribution in [2.24, 2.45) is 18.7 Å². The Balaban J connectivity index is 1.83. The highest BCUT2D eigenvalue weighted by Gasteiger charge is 2.22. The van der Waals surface area contributed by atoms with Crippen molar-refractivity contribution in [3.8, 4) is 0 Å². The van der Waals surface area contributed by atoms with Crippen molar-refractivity contribution in [1.29, 1.82) is 0 Å². The average Bonchev–Trinajstić information content (AvgIpc) is 3.12. The molecule has 1 atom stereocenters. The Labute approximate surface area is 115 Å². The smallest absolute Gasteiger partial charge is 0.0641 e. The number of hydrogen-bond acceptors (Lipinski definition) is 4. The number of rotatable bonds is 8. The molecular formula is C14H26N4O. The van der Waals surface area contributed by atoms with Gasteiger partial charge in [-0.2, -0.15) is 5.10 Å². The van der Waals surface area contributed by atoms with Crippen molar-refractivity contribution in [2.45, 2.75) is 25.8 Å². The van der Waals surface area contributed by atoms with Crippen molar-refractivity contribution < 1.29 is 4.74 Å². The molecule has 0 spiro atoms. The molecular weight excluding hydrogens is 240 g/mol. The molecule has 2 rings (SSSR count). The lowest BCUT2D eigenvalue weighted by atomic mass is 10.1. The molecule has 108 valence electrons. The molecule has 0 aromatic carbocycles. The third-order valence-corrected chi connectivity index (χ3v) is 3.80. The molecule has 1 fully saturated rings. The van der Waals surface area contributed by atoms with E-state index < -0.39 is 0 Å². The van der Waals surface area contributed by atoms with E-state index in [0.29, 0.717) is 6.54 Å². The first-order valence-corrected chi connectivity index (χ1v) is 7.10. The fourth-order valence-corrected chi connectivity index (χ4v) is 2.39. The van der Waals surface area contributed by atoms with E-state index in [9.17, 15) is 0 Å². The first kappa shape index (κ1) is 14.5. The summed E-state index contributed by atoms with van der Waals surface area (Å²) >= 11 is 0. The zero-order valence-corrected chi connectivity index (χ0v) is 12.3. The van der Waals surface area contributed by atoms with Gasteiger partial charge in [0.2, 0.25) is 0 Å². The summed E-state index contributed by atoms with van der Waals surface area (Å²) in [5.74, 6) is 0.830. The van der Waals surface area contributed by atoms with E-state index >= 15 is 0 Å². The SMILES string of the molecule is Cc1nn(C)cc1C(CN)N(C)CCOCC1CC1. The number of hydrogen-bond donors (Lipinski definition) is 1. The Morgan fingerprint density at radius 2 is 2.32 bits per heavy atom. The number of nitrogens with zero attached hydrogens (tertiary/aromatic N) is 3. The fraction of sp³-hybridized carbons (Fsp3) is 0.786. The molecule has 5 heteroatoms. The Kier molecular flexibility index (Phi) is 4.96. The molecule has 0 saturated heterocycles. The molecule has 1 unspecified atom stereocenters. The summed E-state index contributed by atoms with van der Waals surface area (Å²) in [5.41, 5.74) is 8.20. The quantitative estimate of drug-likeness (QED) is 0.716. The van der Waals surface area contributed by atoms with Gasteiger partial charge >= 0.3 is 0 Å². The van der Waals surface area contributed by atoms with Crippen LogP contribution in [0.4, 0.5) is 0 Å². The zero-order valence-electron chi connectivity index (χ0n) is 12.3. The highest BCUT2D eigenvalue weighted by molar-refractivity contribution is 5.20. The number of nitrogens with two attached hydrogens (primary N) is 1. The van der Waals surface area contributed by atoms with Gasteiger partial charge < -0.3 is 10.5 Å². The van der Waals surface area contributed by atoms with Gasteiger partial charge in [-0.3, -0.25) is 9.58 Å². The molecule has 1 aliphatic carbocycles. The molecule has 2 N–H and O–H groups in total. The van der Waals surface area contributed by atoms with E-state index in [-0.39, 0.29) is 6.04 Å². The standard InChI is InChI=1S/C14H26N4O/c1-11-13(9-18(3)16-11)14(8-15)17(2)6-7-19-10-12-4-5-12/h9,12,14H,4-8,10,15H2,1-3H3. The Morgan fingerprint density at radius 1 is 1.58 bits per heavy atom. The van der Waals surface area contributed by atoms with Crippen molar-refractivity contribution in [3.05, 3.63) is 17.5 Å². The number of aromatic nitrogens is 2. The van der Waals surface area contributed by atoms with Crippen LogP contribution in [-0.2, 0) is 11.8 Å². The van der Waals surface area contributed by atoms with Gasteiger partial charge in [0.15, 0.2) is 0 Å². The van der Waals surface area contributed by atoms with Gasteiger partial charge in [-0.25, -0.2) is 0 Å². The Bertz CT molecular complexity index is 400. The summed E-state index contributed by atoms with van der Waals surface area (Å²) in [6.45, 7) is 5.25. The maximum atomic E-state index is 5.93. The maximum absolute atomic E-state index is 5.93. The fourth-order valence-electron chi connectivity index (χ4n) is 2.39. The van der Waals surface area contributed by atoms with Crippen molar-refractivity contribution in [3.63, 3.8) is 0 Å². The number of aryl methyl sites for hydroxylation is 2. The third kappa shape index (κ3) is 4.03. The zero-order chi connectivity index (χ0) is 13.8. The average molecular weight is 266 g/mol. The first-order chi connectivity index (χ1) is 9.11. The second kappa shape index (κ2) is 6.50. The topological polar surface area (TPSA) is 56.3 Å². The van der Waals surface area contributed by atoms with Crippen LogP contribution in [0.5, 0.6) is 0 Å². The van der Waals surface area contributed by atoms with Gasteiger partial charge in [0.25, 0.3) is 0 Å². The van der Waals surface area contributed by atoms with Crippen molar-refractivity contribution >= 4 is 0 Å². The van der Waals surface area contributed by atoms with Crippen molar-refractivity contribution in [1.82, 2.24) is 14.7 Å². The molecule has 19 heavy (non-hydrogen) atoms. The van der Waals surface area contributed by atoms with Crippen molar-refractivity contribution in [2.75, 3.05) is 33.4 Å². The molecule has 0 amide bonds. The largest absolute Gasteiger partial charge is 0.380 e. The predicted molar refractivity (Wildman–Crippen MR) is 75.9 cm³/mol. The minimum atomic E-state index is 0.221. The molecule has 1 aromatic rings. The maximum Gasteiger partial charge on any atom is 0.0641 e. The summed E-state index contributed by atoms with van der Waals surface area (Å²) in [7, 11) is 4.05. The molecule has 1 heterocycles. The molecule has 1 aromatic heterocycles. The van der Waals surface area contributed by atoms with E-state index in [1.54, 1.807) is 0 Å². The van der Waals surface area contributed by atoms with Gasteiger partial charge in [0.1, 0.15) is 0 Å². The lowest BCUT2D eigenvalue weighted by molar-refractivity contribution is 0.0921. The normalized spacial score (nSPS) is 17.1. The monoisotopic (exact) mass is 266 g/mol. The molecule has 5 nitrogen and oxygen atoms in total. The van der Waals surface area contributed by atoms with E-state index in [2.05, 4.69) is 23.2 Å².